The van der Waals surface area contributed by atoms with Gasteiger partial charge in [-0.1, -0.05) is 13.0 Å². The van der Waals surface area contributed by atoms with E-state index in [1.165, 1.54) is 0 Å². The molecule has 2 aromatic rings. The van der Waals surface area contributed by atoms with Crippen LogP contribution >= 0.6 is 0 Å². The number of pyridine rings is 1. The van der Waals surface area contributed by atoms with Gasteiger partial charge in [0.05, 0.1) is 25.3 Å². The first-order valence-corrected chi connectivity index (χ1v) is 8.00. The fraction of sp³-hybridized carbons (Fsp3) is 0.444. The van der Waals surface area contributed by atoms with Crippen molar-refractivity contribution >= 4 is 16.8 Å². The number of carbonyl (C=O) groups is 1. The van der Waals surface area contributed by atoms with Crippen molar-refractivity contribution in [3.8, 4) is 5.75 Å². The Balaban J connectivity index is 1.91. The van der Waals surface area contributed by atoms with Gasteiger partial charge in [-0.2, -0.15) is 0 Å². The molecule has 2 atom stereocenters. The number of aliphatic hydroxyl groups excluding tert-OH is 1. The van der Waals surface area contributed by atoms with Crippen molar-refractivity contribution in [1.29, 1.82) is 0 Å². The highest BCUT2D eigenvalue weighted by molar-refractivity contribution is 5.95. The molecule has 1 aliphatic rings. The highest BCUT2D eigenvalue weighted by atomic mass is 16.5. The van der Waals surface area contributed by atoms with Crippen LogP contribution in [0.3, 0.4) is 0 Å². The van der Waals surface area contributed by atoms with E-state index in [0.717, 1.165) is 29.5 Å². The van der Waals surface area contributed by atoms with Crippen LogP contribution in [0.1, 0.15) is 30.3 Å². The van der Waals surface area contributed by atoms with Crippen LogP contribution in [0.4, 0.5) is 0 Å². The van der Waals surface area contributed by atoms with Crippen LogP contribution in [0.15, 0.2) is 30.3 Å². The minimum absolute atomic E-state index is 0.00229. The Morgan fingerprint density at radius 1 is 1.39 bits per heavy atom. The summed E-state index contributed by atoms with van der Waals surface area (Å²) in [6, 6.07) is 9.11. The Hall–Kier alpha value is -2.14. The van der Waals surface area contributed by atoms with Crippen molar-refractivity contribution in [2.24, 2.45) is 5.92 Å². The summed E-state index contributed by atoms with van der Waals surface area (Å²) in [4.78, 5) is 19.1. The highest BCUT2D eigenvalue weighted by Crippen LogP contribution is 2.25. The van der Waals surface area contributed by atoms with E-state index in [0.29, 0.717) is 18.2 Å². The monoisotopic (exact) mass is 314 g/mol. The SMILES string of the molecule is COc1ccc2nc(C(=O)N3CCCC(C)C3CO)ccc2c1. The topological polar surface area (TPSA) is 62.7 Å². The summed E-state index contributed by atoms with van der Waals surface area (Å²) in [5.74, 6) is 0.972. The molecule has 122 valence electrons. The van der Waals surface area contributed by atoms with Crippen LogP contribution < -0.4 is 4.74 Å². The van der Waals surface area contributed by atoms with Crippen molar-refractivity contribution in [3.05, 3.63) is 36.0 Å². The van der Waals surface area contributed by atoms with Gasteiger partial charge in [-0.25, -0.2) is 4.98 Å². The number of rotatable bonds is 3. The Labute approximate surface area is 135 Å². The van der Waals surface area contributed by atoms with E-state index in [1.807, 2.05) is 24.3 Å². The smallest absolute Gasteiger partial charge is 0.272 e. The minimum atomic E-state index is -0.121. The van der Waals surface area contributed by atoms with Crippen LogP contribution in [0.5, 0.6) is 5.75 Å². The maximum Gasteiger partial charge on any atom is 0.272 e. The number of aromatic nitrogens is 1. The molecule has 2 heterocycles. The van der Waals surface area contributed by atoms with Crippen molar-refractivity contribution in [3.63, 3.8) is 0 Å². The van der Waals surface area contributed by atoms with Gasteiger partial charge in [0.25, 0.3) is 5.91 Å². The van der Waals surface area contributed by atoms with Crippen molar-refractivity contribution < 1.29 is 14.6 Å². The van der Waals surface area contributed by atoms with E-state index in [4.69, 9.17) is 4.74 Å². The summed E-state index contributed by atoms with van der Waals surface area (Å²) < 4.78 is 5.20. The first-order chi connectivity index (χ1) is 11.1. The first-order valence-electron chi connectivity index (χ1n) is 8.00. The number of benzene rings is 1. The molecule has 1 aliphatic heterocycles. The number of carbonyl (C=O) groups excluding carboxylic acids is 1. The average Bonchev–Trinajstić information content (AvgIpc) is 2.59. The number of nitrogens with zero attached hydrogens (tertiary/aromatic N) is 2. The Morgan fingerprint density at radius 3 is 2.96 bits per heavy atom. The van der Waals surface area contributed by atoms with E-state index in [-0.39, 0.29) is 18.6 Å². The van der Waals surface area contributed by atoms with Gasteiger partial charge in [0, 0.05) is 11.9 Å². The largest absolute Gasteiger partial charge is 0.497 e. The number of fused-ring (bicyclic) bond motifs is 1. The third-order valence-corrected chi connectivity index (χ3v) is 4.68. The van der Waals surface area contributed by atoms with Crippen LogP contribution in [0, 0.1) is 5.92 Å². The molecule has 1 amide bonds. The summed E-state index contributed by atoms with van der Waals surface area (Å²) in [5.41, 5.74) is 1.19. The molecule has 0 spiro atoms. The van der Waals surface area contributed by atoms with Crippen LogP contribution in [-0.4, -0.2) is 47.2 Å². The number of methoxy groups -OCH3 is 1. The first kappa shape index (κ1) is 15.7. The molecule has 0 radical (unpaired) electrons. The predicted octanol–water partition coefficient (Wildman–Crippen LogP) is 2.48. The third kappa shape index (κ3) is 3.01. The lowest BCUT2D eigenvalue weighted by Crippen LogP contribution is -2.49. The van der Waals surface area contributed by atoms with E-state index >= 15 is 0 Å². The molecule has 5 heteroatoms. The van der Waals surface area contributed by atoms with Gasteiger partial charge < -0.3 is 14.7 Å². The normalized spacial score (nSPS) is 21.4. The summed E-state index contributed by atoms with van der Waals surface area (Å²) >= 11 is 0. The summed E-state index contributed by atoms with van der Waals surface area (Å²) in [6.07, 6.45) is 2.01. The van der Waals surface area contributed by atoms with Crippen molar-refractivity contribution in [2.75, 3.05) is 20.3 Å². The number of ether oxygens (including phenoxy) is 1. The third-order valence-electron chi connectivity index (χ3n) is 4.68. The second kappa shape index (κ2) is 6.54. The molecular weight excluding hydrogens is 292 g/mol. The van der Waals surface area contributed by atoms with Crippen LogP contribution in [0.25, 0.3) is 10.9 Å². The van der Waals surface area contributed by atoms with Gasteiger partial charge in [0.2, 0.25) is 0 Å². The lowest BCUT2D eigenvalue weighted by atomic mass is 9.91. The lowest BCUT2D eigenvalue weighted by Gasteiger charge is -2.38. The molecule has 0 bridgehead atoms. The van der Waals surface area contributed by atoms with Gasteiger partial charge in [0.1, 0.15) is 11.4 Å². The van der Waals surface area contributed by atoms with Gasteiger partial charge in [0.15, 0.2) is 0 Å². The fourth-order valence-corrected chi connectivity index (χ4v) is 3.28. The molecule has 1 aromatic heterocycles. The van der Waals surface area contributed by atoms with Gasteiger partial charge >= 0.3 is 0 Å². The molecule has 1 fully saturated rings. The second-order valence-electron chi connectivity index (χ2n) is 6.12. The molecule has 23 heavy (non-hydrogen) atoms. The fourth-order valence-electron chi connectivity index (χ4n) is 3.28. The molecule has 3 rings (SSSR count). The van der Waals surface area contributed by atoms with Gasteiger partial charge in [-0.3, -0.25) is 4.79 Å². The zero-order chi connectivity index (χ0) is 16.4. The molecule has 1 N–H and O–H groups in total. The number of aliphatic hydroxyl groups is 1. The minimum Gasteiger partial charge on any atom is -0.497 e. The molecule has 0 saturated carbocycles. The van der Waals surface area contributed by atoms with E-state index in [1.54, 1.807) is 18.1 Å². The number of likely N-dealkylation sites (tertiary alicyclic amines) is 1. The predicted molar refractivity (Wildman–Crippen MR) is 88.6 cm³/mol. The van der Waals surface area contributed by atoms with Gasteiger partial charge in [-0.15, -0.1) is 0 Å². The standard InChI is InChI=1S/C18H22N2O3/c1-12-4-3-9-20(17(12)11-21)18(22)16-7-5-13-10-14(23-2)6-8-15(13)19-16/h5-8,10,12,17,21H,3-4,9,11H2,1-2H3. The molecule has 0 aliphatic carbocycles. The van der Waals surface area contributed by atoms with E-state index in [2.05, 4.69) is 11.9 Å². The summed E-state index contributed by atoms with van der Waals surface area (Å²) in [5, 5.41) is 10.6. The lowest BCUT2D eigenvalue weighted by molar-refractivity contribution is 0.0353. The van der Waals surface area contributed by atoms with Crippen molar-refractivity contribution in [2.45, 2.75) is 25.8 Å². The maximum atomic E-state index is 12.8. The number of hydrogen-bond donors (Lipinski definition) is 1. The molecule has 5 nitrogen and oxygen atoms in total. The zero-order valence-electron chi connectivity index (χ0n) is 13.5. The molecule has 1 aromatic carbocycles. The summed E-state index contributed by atoms with van der Waals surface area (Å²) in [7, 11) is 1.62. The molecular formula is C18H22N2O3. The average molecular weight is 314 g/mol. The van der Waals surface area contributed by atoms with Crippen LogP contribution in [-0.2, 0) is 0 Å². The number of piperidine rings is 1. The van der Waals surface area contributed by atoms with Crippen LogP contribution in [0.2, 0.25) is 0 Å². The van der Waals surface area contributed by atoms with Gasteiger partial charge in [-0.05, 0) is 43.0 Å². The van der Waals surface area contributed by atoms with E-state index < -0.39 is 0 Å². The molecule has 2 unspecified atom stereocenters. The highest BCUT2D eigenvalue weighted by Gasteiger charge is 2.32. The quantitative estimate of drug-likeness (QED) is 0.945. The zero-order valence-corrected chi connectivity index (χ0v) is 13.5. The van der Waals surface area contributed by atoms with Crippen molar-refractivity contribution in [1.82, 2.24) is 9.88 Å². The maximum absolute atomic E-state index is 12.8. The number of hydrogen-bond acceptors (Lipinski definition) is 4. The van der Waals surface area contributed by atoms with E-state index in [9.17, 15) is 9.90 Å². The number of amides is 1. The summed E-state index contributed by atoms with van der Waals surface area (Å²) in [6.45, 7) is 2.76. The molecule has 1 saturated heterocycles. The Kier molecular flexibility index (Phi) is 4.48. The Morgan fingerprint density at radius 2 is 2.22 bits per heavy atom. The Bertz CT molecular complexity index is 716. The second-order valence-corrected chi connectivity index (χ2v) is 6.12.